The summed E-state index contributed by atoms with van der Waals surface area (Å²) in [4.78, 5) is 41.5. The molecule has 0 fully saturated rings. The molecule has 0 N–H and O–H groups in total. The molecule has 0 radical (unpaired) electrons. The summed E-state index contributed by atoms with van der Waals surface area (Å²) in [5.74, 6) is -5.80. The van der Waals surface area contributed by atoms with Crippen LogP contribution in [0.15, 0.2) is 145 Å². The van der Waals surface area contributed by atoms with Gasteiger partial charge in [-0.25, -0.2) is 0 Å². The summed E-state index contributed by atoms with van der Waals surface area (Å²) in [7, 11) is 0. The summed E-state index contributed by atoms with van der Waals surface area (Å²) in [5, 5.41) is 41.5. The van der Waals surface area contributed by atoms with Gasteiger partial charge in [0.2, 0.25) is 0 Å². The molecular weight excluding hydrogens is 942 g/mol. The second kappa shape index (κ2) is 34.8. The fourth-order valence-corrected chi connectivity index (χ4v) is 11.4. The van der Waals surface area contributed by atoms with Crippen molar-refractivity contribution in [1.82, 2.24) is 0 Å². The molecule has 8 nitrogen and oxygen atoms in total. The molecule has 0 saturated heterocycles. The summed E-state index contributed by atoms with van der Waals surface area (Å²) in [6.07, 6.45) is 14.0. The van der Waals surface area contributed by atoms with Crippen LogP contribution < -0.4 is 34.7 Å². The van der Waals surface area contributed by atoms with E-state index < -0.39 is 66.2 Å². The predicted octanol–water partition coefficient (Wildman–Crippen LogP) is 3.01. The quantitative estimate of drug-likeness (QED) is 0.0661. The Labute approximate surface area is 366 Å². The molecular formula is C48H56O8Sn2. The molecule has 0 saturated carbocycles. The van der Waals surface area contributed by atoms with Gasteiger partial charge in [-0.2, -0.15) is 0 Å². The normalized spacial score (nSPS) is 10.4. The van der Waals surface area contributed by atoms with E-state index in [9.17, 15) is 39.6 Å². The molecule has 0 aliphatic carbocycles. The third kappa shape index (κ3) is 29.1. The van der Waals surface area contributed by atoms with Crippen LogP contribution >= 0.6 is 0 Å². The molecule has 0 spiro atoms. The van der Waals surface area contributed by atoms with Crippen molar-refractivity contribution in [2.24, 2.45) is 0 Å². The van der Waals surface area contributed by atoms with Gasteiger partial charge in [0.25, 0.3) is 0 Å². The molecule has 0 aliphatic rings. The first kappa shape index (κ1) is 51.9. The standard InChI is InChI=1S/2C12H20O4.4C6H5.2Sn/c2*1-2-3-4-5-6-7-8-10(12(15)16)9-11(13)14;4*1-2-4-6-5-3-1;;/h2*9H,2-8H2,1H3,(H,13,14)(H,15,16);4*1-5H;;/q;;;;;;2*+2/p-4/b2*10-9-;;;;;;. The number of rotatable bonds is 22. The van der Waals surface area contributed by atoms with Gasteiger partial charge in [0.15, 0.2) is 0 Å². The summed E-state index contributed by atoms with van der Waals surface area (Å²) >= 11 is -1.03. The van der Waals surface area contributed by atoms with E-state index in [2.05, 4.69) is 135 Å². The third-order valence-corrected chi connectivity index (χ3v) is 15.5. The van der Waals surface area contributed by atoms with E-state index in [1.54, 1.807) is 0 Å². The van der Waals surface area contributed by atoms with Crippen LogP contribution in [-0.2, 0) is 19.2 Å². The molecule has 4 rings (SSSR count). The molecule has 0 bridgehead atoms. The van der Waals surface area contributed by atoms with E-state index in [0.717, 1.165) is 51.4 Å². The first-order valence-electron chi connectivity index (χ1n) is 20.1. The second-order valence-corrected chi connectivity index (χ2v) is 21.3. The molecule has 0 aliphatic heterocycles. The Morgan fingerprint density at radius 1 is 0.397 bits per heavy atom. The molecule has 304 valence electrons. The molecule has 4 aromatic rings. The summed E-state index contributed by atoms with van der Waals surface area (Å²) in [6.45, 7) is 4.24. The maximum atomic E-state index is 10.5. The van der Waals surface area contributed by atoms with Crippen LogP contribution in [0.4, 0.5) is 0 Å². The number of aliphatic carboxylic acids is 4. The number of hydrogen-bond acceptors (Lipinski definition) is 8. The van der Waals surface area contributed by atoms with Crippen LogP contribution in [0.1, 0.15) is 104 Å². The van der Waals surface area contributed by atoms with E-state index in [4.69, 9.17) is 0 Å². The topological polar surface area (TPSA) is 161 Å². The average Bonchev–Trinajstić information content (AvgIpc) is 3.21. The zero-order valence-corrected chi connectivity index (χ0v) is 39.6. The number of carboxylic acid groups (broad SMARTS) is 4. The summed E-state index contributed by atoms with van der Waals surface area (Å²) in [6, 6.07) is 43.2. The van der Waals surface area contributed by atoms with Gasteiger partial charge in [-0.05, 0) is 49.0 Å². The molecule has 0 amide bonds. The van der Waals surface area contributed by atoms with Crippen molar-refractivity contribution in [3.63, 3.8) is 0 Å². The van der Waals surface area contributed by atoms with E-state index >= 15 is 0 Å². The Morgan fingerprint density at radius 3 is 0.862 bits per heavy atom. The Morgan fingerprint density at radius 2 is 0.638 bits per heavy atom. The fourth-order valence-electron chi connectivity index (χ4n) is 5.36. The van der Waals surface area contributed by atoms with Crippen molar-refractivity contribution in [1.29, 1.82) is 0 Å². The van der Waals surface area contributed by atoms with E-state index in [1.807, 2.05) is 0 Å². The van der Waals surface area contributed by atoms with Gasteiger partial charge in [-0.1, -0.05) is 78.1 Å². The third-order valence-electron chi connectivity index (χ3n) is 8.38. The number of carbonyl (C=O) groups excluding carboxylic acids is 4. The summed E-state index contributed by atoms with van der Waals surface area (Å²) in [5.41, 5.74) is -0.369. The number of benzene rings is 4. The van der Waals surface area contributed by atoms with Crippen molar-refractivity contribution < 1.29 is 39.6 Å². The van der Waals surface area contributed by atoms with Gasteiger partial charge in [-0.15, -0.1) is 0 Å². The fraction of sp³-hybridized carbons (Fsp3) is 0.333. The van der Waals surface area contributed by atoms with Crippen molar-refractivity contribution in [2.75, 3.05) is 0 Å². The predicted molar refractivity (Wildman–Crippen MR) is 228 cm³/mol. The number of carboxylic acids is 4. The average molecular weight is 998 g/mol. The van der Waals surface area contributed by atoms with Gasteiger partial charge >= 0.3 is 178 Å². The first-order chi connectivity index (χ1) is 28.0. The molecule has 58 heavy (non-hydrogen) atoms. The van der Waals surface area contributed by atoms with Crippen LogP contribution in [-0.4, -0.2) is 66.2 Å². The van der Waals surface area contributed by atoms with E-state index in [0.29, 0.717) is 25.0 Å². The summed E-state index contributed by atoms with van der Waals surface area (Å²) < 4.78 is 6.16. The second-order valence-electron chi connectivity index (χ2n) is 13.3. The van der Waals surface area contributed by atoms with Crippen molar-refractivity contribution in [3.8, 4) is 0 Å². The van der Waals surface area contributed by atoms with Crippen LogP contribution in [0.2, 0.25) is 0 Å². The monoisotopic (exact) mass is 1000 g/mol. The first-order valence-corrected chi connectivity index (χ1v) is 25.8. The van der Waals surface area contributed by atoms with Crippen molar-refractivity contribution >= 4 is 80.5 Å². The number of carbonyl (C=O) groups is 4. The van der Waals surface area contributed by atoms with Crippen molar-refractivity contribution in [2.45, 2.75) is 104 Å². The van der Waals surface area contributed by atoms with Crippen molar-refractivity contribution in [3.05, 3.63) is 145 Å². The Kier molecular flexibility index (Phi) is 31.1. The number of hydrogen-bond donors (Lipinski definition) is 0. The molecule has 0 atom stereocenters. The maximum absolute atomic E-state index is 10.5. The van der Waals surface area contributed by atoms with Gasteiger partial charge < -0.3 is 39.6 Å². The van der Waals surface area contributed by atoms with Gasteiger partial charge in [-0.3, -0.25) is 0 Å². The van der Waals surface area contributed by atoms with Gasteiger partial charge in [0.1, 0.15) is 0 Å². The van der Waals surface area contributed by atoms with Crippen LogP contribution in [0.3, 0.4) is 0 Å². The molecule has 4 aromatic carbocycles. The van der Waals surface area contributed by atoms with Gasteiger partial charge in [0, 0.05) is 0 Å². The van der Waals surface area contributed by atoms with E-state index in [-0.39, 0.29) is 24.0 Å². The van der Waals surface area contributed by atoms with Gasteiger partial charge in [0.05, 0.1) is 23.9 Å². The van der Waals surface area contributed by atoms with Crippen LogP contribution in [0.25, 0.3) is 0 Å². The zero-order valence-electron chi connectivity index (χ0n) is 33.9. The molecule has 10 heteroatoms. The zero-order chi connectivity index (χ0) is 42.6. The SMILES string of the molecule is CCCCCCCC/C(=C/C(=O)[O-])C(=O)[O-].CCCCCCCC/C(=C/C(=O)[O-])C(=O)[O-].c1cc[c]([Sn+2][c]2ccccc2)cc1.c1cc[c]([Sn+2][c]2ccccc2)cc1. The molecule has 0 unspecified atom stereocenters. The van der Waals surface area contributed by atoms with Crippen LogP contribution in [0, 0.1) is 0 Å². The van der Waals surface area contributed by atoms with Crippen LogP contribution in [0.5, 0.6) is 0 Å². The van der Waals surface area contributed by atoms with E-state index in [1.165, 1.54) is 27.2 Å². The Balaban J connectivity index is 0.000000388. The Hall–Kier alpha value is -4.16. The molecule has 0 heterocycles. The number of unbranched alkanes of at least 4 members (excludes halogenated alkanes) is 10. The minimum absolute atomic E-state index is 0.185. The minimum atomic E-state index is -1.48. The molecule has 0 aromatic heterocycles. The Bertz CT molecular complexity index is 1540.